The van der Waals surface area contributed by atoms with Crippen molar-refractivity contribution in [2.45, 2.75) is 37.8 Å². The third kappa shape index (κ3) is 6.32. The molecular weight excluding hydrogens is 316 g/mol. The summed E-state index contributed by atoms with van der Waals surface area (Å²) in [7, 11) is 0. The molecule has 1 aromatic rings. The molecule has 3 N–H and O–H groups in total. The van der Waals surface area contributed by atoms with Crippen molar-refractivity contribution in [3.05, 3.63) is 24.3 Å². The normalized spacial score (nSPS) is 12.3. The summed E-state index contributed by atoms with van der Waals surface area (Å²) in [5, 5.41) is 14.0. The highest BCUT2D eigenvalue weighted by atomic mass is 32.2. The Balaban J connectivity index is 2.55. The first-order valence-electron chi connectivity index (χ1n) is 7.17. The number of rotatable bonds is 7. The van der Waals surface area contributed by atoms with Gasteiger partial charge in [0.15, 0.2) is 0 Å². The number of hydrogen-bond acceptors (Lipinski definition) is 4. The number of amides is 2. The molecule has 1 atom stereocenters. The Morgan fingerprint density at radius 1 is 1.22 bits per heavy atom. The average molecular weight is 338 g/mol. The second-order valence-electron chi connectivity index (χ2n) is 5.87. The monoisotopic (exact) mass is 338 g/mol. The van der Waals surface area contributed by atoms with Crippen LogP contribution in [0.25, 0.3) is 0 Å². The number of nitrogens with one attached hydrogen (secondary N) is 2. The van der Waals surface area contributed by atoms with Crippen molar-refractivity contribution in [2.75, 3.05) is 11.9 Å². The van der Waals surface area contributed by atoms with E-state index in [-0.39, 0.29) is 23.6 Å². The Morgan fingerprint density at radius 2 is 1.78 bits per heavy atom. The van der Waals surface area contributed by atoms with Gasteiger partial charge in [0.05, 0.1) is 10.7 Å². The number of aliphatic carboxylic acids is 1. The highest BCUT2D eigenvalue weighted by molar-refractivity contribution is 8.00. The minimum atomic E-state index is -1.000. The molecular formula is C16H22N2O4S. The standard InChI is InChI=1S/C16H22N2O4S/c1-10(14(20)17-9-16(3,4)15(21)22)23-13-7-5-12(6-8-13)18-11(2)19/h5-8,10H,9H2,1-4H3,(H,17,20)(H,18,19)(H,21,22). The molecule has 0 spiro atoms. The summed E-state index contributed by atoms with van der Waals surface area (Å²) in [5.74, 6) is -1.30. The SMILES string of the molecule is CC(=O)Nc1ccc(SC(C)C(=O)NCC(C)(C)C(=O)O)cc1. The Kier molecular flexibility index (Phi) is 6.62. The van der Waals surface area contributed by atoms with Gasteiger partial charge in [0.1, 0.15) is 0 Å². The first-order valence-corrected chi connectivity index (χ1v) is 8.05. The molecule has 0 fully saturated rings. The van der Waals surface area contributed by atoms with Crippen molar-refractivity contribution in [1.29, 1.82) is 0 Å². The highest BCUT2D eigenvalue weighted by Gasteiger charge is 2.28. The number of hydrogen-bond donors (Lipinski definition) is 3. The van der Waals surface area contributed by atoms with Crippen LogP contribution in [0.4, 0.5) is 5.69 Å². The van der Waals surface area contributed by atoms with E-state index in [2.05, 4.69) is 10.6 Å². The molecule has 0 bridgehead atoms. The van der Waals surface area contributed by atoms with Gasteiger partial charge in [-0.25, -0.2) is 0 Å². The molecule has 6 nitrogen and oxygen atoms in total. The summed E-state index contributed by atoms with van der Waals surface area (Å²) in [5.41, 5.74) is -0.303. The summed E-state index contributed by atoms with van der Waals surface area (Å²) in [4.78, 5) is 34.9. The molecule has 0 heterocycles. The van der Waals surface area contributed by atoms with Crippen molar-refractivity contribution in [3.8, 4) is 0 Å². The molecule has 126 valence electrons. The van der Waals surface area contributed by atoms with Crippen LogP contribution in [-0.2, 0) is 14.4 Å². The Hall–Kier alpha value is -2.02. The van der Waals surface area contributed by atoms with Crippen molar-refractivity contribution in [3.63, 3.8) is 0 Å². The summed E-state index contributed by atoms with van der Waals surface area (Å²) in [6, 6.07) is 7.17. The van der Waals surface area contributed by atoms with E-state index in [1.54, 1.807) is 32.9 Å². The van der Waals surface area contributed by atoms with Gasteiger partial charge in [0.2, 0.25) is 11.8 Å². The van der Waals surface area contributed by atoms with Gasteiger partial charge in [-0.3, -0.25) is 14.4 Å². The third-order valence-electron chi connectivity index (χ3n) is 3.14. The van der Waals surface area contributed by atoms with E-state index >= 15 is 0 Å². The van der Waals surface area contributed by atoms with Crippen LogP contribution in [0.1, 0.15) is 27.7 Å². The summed E-state index contributed by atoms with van der Waals surface area (Å²) >= 11 is 1.37. The Morgan fingerprint density at radius 3 is 2.26 bits per heavy atom. The quantitative estimate of drug-likeness (QED) is 0.663. The molecule has 1 aromatic carbocycles. The number of anilines is 1. The van der Waals surface area contributed by atoms with Crippen LogP contribution in [0, 0.1) is 5.41 Å². The lowest BCUT2D eigenvalue weighted by Crippen LogP contribution is -2.41. The van der Waals surface area contributed by atoms with Gasteiger partial charge in [-0.05, 0) is 45.0 Å². The fraction of sp³-hybridized carbons (Fsp3) is 0.438. The van der Waals surface area contributed by atoms with E-state index in [1.165, 1.54) is 18.7 Å². The maximum Gasteiger partial charge on any atom is 0.310 e. The van der Waals surface area contributed by atoms with Crippen molar-refractivity contribution in [2.24, 2.45) is 5.41 Å². The molecule has 1 unspecified atom stereocenters. The van der Waals surface area contributed by atoms with Crippen LogP contribution >= 0.6 is 11.8 Å². The second-order valence-corrected chi connectivity index (χ2v) is 7.29. The Bertz CT molecular complexity index is 584. The fourth-order valence-electron chi connectivity index (χ4n) is 1.61. The average Bonchev–Trinajstić information content (AvgIpc) is 2.46. The van der Waals surface area contributed by atoms with Gasteiger partial charge >= 0.3 is 5.97 Å². The molecule has 0 saturated heterocycles. The summed E-state index contributed by atoms with van der Waals surface area (Å²) in [6.07, 6.45) is 0. The van der Waals surface area contributed by atoms with Crippen LogP contribution in [0.3, 0.4) is 0 Å². The molecule has 0 aliphatic carbocycles. The summed E-state index contributed by atoms with van der Waals surface area (Å²) in [6.45, 7) is 6.40. The van der Waals surface area contributed by atoms with Gasteiger partial charge in [0, 0.05) is 24.1 Å². The van der Waals surface area contributed by atoms with Crippen molar-refractivity contribution < 1.29 is 19.5 Å². The maximum absolute atomic E-state index is 12.0. The molecule has 1 rings (SSSR count). The molecule has 0 aromatic heterocycles. The molecule has 0 aliphatic rings. The van der Waals surface area contributed by atoms with Crippen molar-refractivity contribution in [1.82, 2.24) is 5.32 Å². The van der Waals surface area contributed by atoms with Gasteiger partial charge in [-0.15, -0.1) is 11.8 Å². The van der Waals surface area contributed by atoms with E-state index in [1.807, 2.05) is 12.1 Å². The zero-order valence-electron chi connectivity index (χ0n) is 13.7. The smallest absolute Gasteiger partial charge is 0.310 e. The van der Waals surface area contributed by atoms with E-state index < -0.39 is 11.4 Å². The number of carboxylic acids is 1. The molecule has 0 saturated carbocycles. The third-order valence-corrected chi connectivity index (χ3v) is 4.25. The Labute approximate surface area is 140 Å². The van der Waals surface area contributed by atoms with E-state index in [4.69, 9.17) is 5.11 Å². The minimum absolute atomic E-state index is 0.0769. The van der Waals surface area contributed by atoms with Crippen LogP contribution in [0.2, 0.25) is 0 Å². The predicted octanol–water partition coefficient (Wildman–Crippen LogP) is 2.35. The minimum Gasteiger partial charge on any atom is -0.481 e. The van der Waals surface area contributed by atoms with E-state index in [0.29, 0.717) is 5.69 Å². The lowest BCUT2D eigenvalue weighted by molar-refractivity contribution is -0.146. The number of carbonyl (C=O) groups is 3. The van der Waals surface area contributed by atoms with E-state index in [0.717, 1.165) is 4.90 Å². The number of carbonyl (C=O) groups excluding carboxylic acids is 2. The van der Waals surface area contributed by atoms with Crippen LogP contribution < -0.4 is 10.6 Å². The van der Waals surface area contributed by atoms with Gasteiger partial charge < -0.3 is 15.7 Å². The molecule has 23 heavy (non-hydrogen) atoms. The van der Waals surface area contributed by atoms with Crippen LogP contribution in [0.5, 0.6) is 0 Å². The van der Waals surface area contributed by atoms with Gasteiger partial charge in [0.25, 0.3) is 0 Å². The molecule has 7 heteroatoms. The zero-order valence-corrected chi connectivity index (χ0v) is 14.5. The number of carboxylic acid groups (broad SMARTS) is 1. The lowest BCUT2D eigenvalue weighted by Gasteiger charge is -2.21. The second kappa shape index (κ2) is 8.01. The number of benzene rings is 1. The molecule has 0 radical (unpaired) electrons. The maximum atomic E-state index is 12.0. The van der Waals surface area contributed by atoms with Gasteiger partial charge in [-0.2, -0.15) is 0 Å². The zero-order chi connectivity index (χ0) is 17.6. The first-order chi connectivity index (χ1) is 10.6. The molecule has 2 amide bonds. The van der Waals surface area contributed by atoms with Crippen LogP contribution in [0.15, 0.2) is 29.2 Å². The first kappa shape index (κ1) is 19.0. The highest BCUT2D eigenvalue weighted by Crippen LogP contribution is 2.25. The topological polar surface area (TPSA) is 95.5 Å². The van der Waals surface area contributed by atoms with Crippen molar-refractivity contribution >= 4 is 35.2 Å². The predicted molar refractivity (Wildman–Crippen MR) is 90.5 cm³/mol. The fourth-order valence-corrected chi connectivity index (χ4v) is 2.50. The van der Waals surface area contributed by atoms with E-state index in [9.17, 15) is 14.4 Å². The molecule has 0 aliphatic heterocycles. The number of thioether (sulfide) groups is 1. The van der Waals surface area contributed by atoms with Crippen LogP contribution in [-0.4, -0.2) is 34.7 Å². The largest absolute Gasteiger partial charge is 0.481 e. The van der Waals surface area contributed by atoms with Gasteiger partial charge in [-0.1, -0.05) is 0 Å². The lowest BCUT2D eigenvalue weighted by atomic mass is 9.94. The summed E-state index contributed by atoms with van der Waals surface area (Å²) < 4.78 is 0.